The van der Waals surface area contributed by atoms with Crippen molar-refractivity contribution in [2.45, 2.75) is 59.2 Å². The molecule has 0 unspecified atom stereocenters. The second kappa shape index (κ2) is 11.8. The van der Waals surface area contributed by atoms with Crippen LogP contribution in [0.2, 0.25) is 0 Å². The molecule has 0 bridgehead atoms. The van der Waals surface area contributed by atoms with Crippen molar-refractivity contribution in [2.75, 3.05) is 18.4 Å². The molecule has 202 valence electrons. The Bertz CT molecular complexity index is 1430. The summed E-state index contributed by atoms with van der Waals surface area (Å²) in [7, 11) is 0. The summed E-state index contributed by atoms with van der Waals surface area (Å²) in [6.45, 7) is 10.6. The normalized spacial score (nSPS) is 14.2. The molecule has 1 saturated heterocycles. The Kier molecular flexibility index (Phi) is 8.67. The van der Waals surface area contributed by atoms with Crippen LogP contribution < -0.4 is 10.1 Å². The van der Waals surface area contributed by atoms with Gasteiger partial charge in [-0.2, -0.15) is 0 Å². The topological polar surface area (TPSA) is 89.5 Å². The summed E-state index contributed by atoms with van der Waals surface area (Å²) in [6, 6.07) is 7.15. The lowest BCUT2D eigenvalue weighted by atomic mass is 10.1. The number of amides is 1. The fourth-order valence-electron chi connectivity index (χ4n) is 4.09. The summed E-state index contributed by atoms with van der Waals surface area (Å²) in [5, 5.41) is 3.78. The number of carbonyl (C=O) groups is 1. The molecule has 11 heteroatoms. The van der Waals surface area contributed by atoms with Gasteiger partial charge in [-0.25, -0.2) is 24.1 Å². The highest BCUT2D eigenvalue weighted by atomic mass is 79.9. The van der Waals surface area contributed by atoms with E-state index in [2.05, 4.69) is 36.2 Å². The number of nitrogens with one attached hydrogen (secondary N) is 1. The number of piperidine rings is 1. The Hall–Kier alpha value is -3.05. The van der Waals surface area contributed by atoms with Gasteiger partial charge in [0, 0.05) is 30.4 Å². The number of fused-ring (bicyclic) bond motifs is 2. The predicted octanol–water partition coefficient (Wildman–Crippen LogP) is 7.69. The summed E-state index contributed by atoms with van der Waals surface area (Å²) >= 11 is 4.78. The monoisotopic (exact) mass is 603 g/mol. The standard InChI is InChI=1S/C25H25BrFN5O3S.C2H6/c1-25(2,3)35-24(33)32-8-6-15(7-9-32)34-19-11-14(26)10-18-20(19)23(29-12-28-18)31-16-4-5-17-22(21(16)27)36-13-30-17;1-2/h4-5,10-13,15H,6-9H2,1-3H3,(H,28,29,31);1-2H3. The fraction of sp³-hybridized carbons (Fsp3) is 0.407. The van der Waals surface area contributed by atoms with E-state index in [9.17, 15) is 4.79 Å². The van der Waals surface area contributed by atoms with Gasteiger partial charge in [0.1, 0.15) is 29.6 Å². The molecule has 1 N–H and O–H groups in total. The molecule has 2 aromatic carbocycles. The molecule has 8 nitrogen and oxygen atoms in total. The third-order valence-electron chi connectivity index (χ3n) is 5.75. The van der Waals surface area contributed by atoms with Crippen LogP contribution in [0.3, 0.4) is 0 Å². The molecule has 0 saturated carbocycles. The molecule has 0 atom stereocenters. The van der Waals surface area contributed by atoms with E-state index in [0.717, 1.165) is 4.47 Å². The van der Waals surface area contributed by atoms with Crippen LogP contribution in [0.15, 0.2) is 40.6 Å². The lowest BCUT2D eigenvalue weighted by Crippen LogP contribution is -2.44. The molecule has 38 heavy (non-hydrogen) atoms. The maximum absolute atomic E-state index is 15.1. The second-order valence-corrected chi connectivity index (χ2v) is 11.3. The van der Waals surface area contributed by atoms with E-state index in [0.29, 0.717) is 64.3 Å². The quantitative estimate of drug-likeness (QED) is 0.256. The van der Waals surface area contributed by atoms with Crippen molar-refractivity contribution in [1.29, 1.82) is 0 Å². The Balaban J connectivity index is 0.00000164. The van der Waals surface area contributed by atoms with Crippen molar-refractivity contribution in [3.05, 3.63) is 46.4 Å². The fourth-order valence-corrected chi connectivity index (χ4v) is 5.24. The van der Waals surface area contributed by atoms with Gasteiger partial charge in [-0.1, -0.05) is 29.8 Å². The van der Waals surface area contributed by atoms with Gasteiger partial charge in [-0.05, 0) is 45.0 Å². The van der Waals surface area contributed by atoms with Crippen molar-refractivity contribution in [2.24, 2.45) is 0 Å². The first-order valence-corrected chi connectivity index (χ1v) is 14.2. The van der Waals surface area contributed by atoms with E-state index in [4.69, 9.17) is 9.47 Å². The lowest BCUT2D eigenvalue weighted by Gasteiger charge is -2.33. The number of anilines is 2. The SMILES string of the molecule is CC.CC(C)(C)OC(=O)N1CCC(Oc2cc(Br)cc3ncnc(Nc4ccc5ncsc5c4F)c23)CC1. The van der Waals surface area contributed by atoms with Crippen LogP contribution in [0.25, 0.3) is 21.1 Å². The van der Waals surface area contributed by atoms with Gasteiger partial charge >= 0.3 is 6.09 Å². The first-order valence-electron chi connectivity index (χ1n) is 12.6. The summed E-state index contributed by atoms with van der Waals surface area (Å²) < 4.78 is 28.3. The molecule has 1 aliphatic heterocycles. The van der Waals surface area contributed by atoms with Crippen LogP contribution in [0.5, 0.6) is 5.75 Å². The van der Waals surface area contributed by atoms with Gasteiger partial charge in [0.25, 0.3) is 0 Å². The van der Waals surface area contributed by atoms with Crippen LogP contribution in [-0.4, -0.2) is 50.7 Å². The summed E-state index contributed by atoms with van der Waals surface area (Å²) in [6.07, 6.45) is 2.32. The summed E-state index contributed by atoms with van der Waals surface area (Å²) in [5.41, 5.74) is 2.65. The van der Waals surface area contributed by atoms with Gasteiger partial charge in [0.2, 0.25) is 0 Å². The highest BCUT2D eigenvalue weighted by Crippen LogP contribution is 2.37. The largest absolute Gasteiger partial charge is 0.489 e. The number of likely N-dealkylation sites (tertiary alicyclic amines) is 1. The minimum atomic E-state index is -0.535. The third-order valence-corrected chi connectivity index (χ3v) is 7.04. The maximum atomic E-state index is 15.1. The number of hydrogen-bond donors (Lipinski definition) is 1. The van der Waals surface area contributed by atoms with E-state index in [1.54, 1.807) is 22.5 Å². The van der Waals surface area contributed by atoms with Crippen molar-refractivity contribution < 1.29 is 18.7 Å². The van der Waals surface area contributed by atoms with E-state index >= 15 is 4.39 Å². The highest BCUT2D eigenvalue weighted by molar-refractivity contribution is 9.10. The van der Waals surface area contributed by atoms with Crippen molar-refractivity contribution in [3.8, 4) is 5.75 Å². The summed E-state index contributed by atoms with van der Waals surface area (Å²) in [5.74, 6) is 0.643. The van der Waals surface area contributed by atoms with Crippen LogP contribution in [0, 0.1) is 5.82 Å². The Labute approximate surface area is 233 Å². The average molecular weight is 605 g/mol. The van der Waals surface area contributed by atoms with Crippen LogP contribution in [0.4, 0.5) is 20.7 Å². The molecule has 1 fully saturated rings. The minimum absolute atomic E-state index is 0.112. The number of ether oxygens (including phenoxy) is 2. The van der Waals surface area contributed by atoms with E-state index in [1.807, 2.05) is 46.8 Å². The summed E-state index contributed by atoms with van der Waals surface area (Å²) in [4.78, 5) is 27.1. The van der Waals surface area contributed by atoms with E-state index < -0.39 is 5.60 Å². The average Bonchev–Trinajstić information content (AvgIpc) is 3.36. The molecule has 4 aromatic rings. The number of nitrogens with zero attached hydrogens (tertiary/aromatic N) is 4. The van der Waals surface area contributed by atoms with Crippen LogP contribution in [0.1, 0.15) is 47.5 Å². The zero-order valence-electron chi connectivity index (χ0n) is 22.0. The van der Waals surface area contributed by atoms with Crippen molar-refractivity contribution >= 4 is 66.0 Å². The molecule has 5 rings (SSSR count). The molecule has 1 amide bonds. The van der Waals surface area contributed by atoms with Crippen molar-refractivity contribution in [1.82, 2.24) is 19.9 Å². The predicted molar refractivity (Wildman–Crippen MR) is 153 cm³/mol. The molecule has 0 radical (unpaired) electrons. The minimum Gasteiger partial charge on any atom is -0.489 e. The number of benzene rings is 2. The van der Waals surface area contributed by atoms with Gasteiger partial charge < -0.3 is 19.7 Å². The third kappa shape index (κ3) is 6.32. The second-order valence-electron chi connectivity index (χ2n) is 9.56. The highest BCUT2D eigenvalue weighted by Gasteiger charge is 2.28. The molecule has 3 heterocycles. The van der Waals surface area contributed by atoms with Gasteiger partial charge in [0.05, 0.1) is 32.3 Å². The molecule has 0 spiro atoms. The lowest BCUT2D eigenvalue weighted by molar-refractivity contribution is 0.0128. The first kappa shape index (κ1) is 28.0. The number of thiazole rings is 1. The van der Waals surface area contributed by atoms with Crippen molar-refractivity contribution in [3.63, 3.8) is 0 Å². The first-order chi connectivity index (χ1) is 18.2. The molecule has 1 aliphatic rings. The zero-order valence-corrected chi connectivity index (χ0v) is 24.5. The van der Waals surface area contributed by atoms with E-state index in [-0.39, 0.29) is 18.0 Å². The number of rotatable bonds is 4. The molecule has 0 aliphatic carbocycles. The Morgan fingerprint density at radius 3 is 2.58 bits per heavy atom. The van der Waals surface area contributed by atoms with Gasteiger partial charge in [-0.15, -0.1) is 11.3 Å². The molecular formula is C27H31BrFN5O3S. The number of hydrogen-bond acceptors (Lipinski definition) is 8. The maximum Gasteiger partial charge on any atom is 0.410 e. The Morgan fingerprint density at radius 1 is 1.13 bits per heavy atom. The number of aromatic nitrogens is 3. The van der Waals surface area contributed by atoms with Gasteiger partial charge in [0.15, 0.2) is 5.82 Å². The van der Waals surface area contributed by atoms with Gasteiger partial charge in [-0.3, -0.25) is 0 Å². The smallest absolute Gasteiger partial charge is 0.410 e. The zero-order chi connectivity index (χ0) is 27.4. The van der Waals surface area contributed by atoms with E-state index in [1.165, 1.54) is 17.7 Å². The Morgan fingerprint density at radius 2 is 1.87 bits per heavy atom. The number of halogens is 2. The number of carbonyl (C=O) groups excluding carboxylic acids is 1. The van der Waals surface area contributed by atoms with Crippen LogP contribution >= 0.6 is 27.3 Å². The van der Waals surface area contributed by atoms with Crippen LogP contribution in [-0.2, 0) is 4.74 Å². The molecular weight excluding hydrogens is 573 g/mol. The molecule has 2 aromatic heterocycles.